The van der Waals surface area contributed by atoms with E-state index in [-0.39, 0.29) is 5.91 Å². The Morgan fingerprint density at radius 2 is 1.86 bits per heavy atom. The van der Waals surface area contributed by atoms with Crippen LogP contribution in [0.3, 0.4) is 0 Å². The summed E-state index contributed by atoms with van der Waals surface area (Å²) in [5.41, 5.74) is 3.44. The quantitative estimate of drug-likeness (QED) is 0.662. The zero-order valence-corrected chi connectivity index (χ0v) is 13.6. The fraction of sp³-hybridized carbons (Fsp3) is 0.0588. The minimum Gasteiger partial charge on any atom is -0.321 e. The number of aryl methyl sites for hydroxylation is 1. The average Bonchev–Trinajstić information content (AvgIpc) is 2.51. The van der Waals surface area contributed by atoms with Crippen LogP contribution in [-0.2, 0) is 0 Å². The summed E-state index contributed by atoms with van der Waals surface area (Å²) in [7, 11) is 0. The highest BCUT2D eigenvalue weighted by Gasteiger charge is 2.09. The SMILES string of the molecule is Cc1ccc(NC(=O)c2ccc(I)cc2)c2cccnc12. The van der Waals surface area contributed by atoms with E-state index in [0.717, 1.165) is 25.7 Å². The lowest BCUT2D eigenvalue weighted by Crippen LogP contribution is -2.12. The molecule has 1 heterocycles. The summed E-state index contributed by atoms with van der Waals surface area (Å²) in [4.78, 5) is 16.7. The number of benzene rings is 2. The van der Waals surface area contributed by atoms with Crippen LogP contribution in [0.4, 0.5) is 5.69 Å². The van der Waals surface area contributed by atoms with Gasteiger partial charge in [-0.25, -0.2) is 0 Å². The molecular weight excluding hydrogens is 375 g/mol. The summed E-state index contributed by atoms with van der Waals surface area (Å²) in [6.45, 7) is 2.01. The molecular formula is C17H13IN2O. The van der Waals surface area contributed by atoms with Gasteiger partial charge in [-0.1, -0.05) is 6.07 Å². The van der Waals surface area contributed by atoms with E-state index in [4.69, 9.17) is 0 Å². The Hall–Kier alpha value is -1.95. The number of halogens is 1. The molecule has 21 heavy (non-hydrogen) atoms. The largest absolute Gasteiger partial charge is 0.321 e. The van der Waals surface area contributed by atoms with Crippen molar-refractivity contribution in [2.45, 2.75) is 6.92 Å². The number of carbonyl (C=O) groups is 1. The number of rotatable bonds is 2. The van der Waals surface area contributed by atoms with Gasteiger partial charge in [-0.3, -0.25) is 9.78 Å². The molecule has 1 amide bonds. The van der Waals surface area contributed by atoms with Gasteiger partial charge in [0.15, 0.2) is 0 Å². The third kappa shape index (κ3) is 2.90. The van der Waals surface area contributed by atoms with E-state index >= 15 is 0 Å². The molecule has 1 aromatic heterocycles. The number of nitrogens with one attached hydrogen (secondary N) is 1. The second-order valence-corrected chi connectivity index (χ2v) is 6.04. The molecule has 0 fully saturated rings. The van der Waals surface area contributed by atoms with Crippen LogP contribution in [0.1, 0.15) is 15.9 Å². The van der Waals surface area contributed by atoms with Crippen molar-refractivity contribution in [3.8, 4) is 0 Å². The topological polar surface area (TPSA) is 42.0 Å². The first-order chi connectivity index (χ1) is 10.1. The predicted molar refractivity (Wildman–Crippen MR) is 93.6 cm³/mol. The summed E-state index contributed by atoms with van der Waals surface area (Å²) in [6, 6.07) is 15.2. The standard InChI is InChI=1S/C17H13IN2O/c1-11-4-9-15(14-3-2-10-19-16(11)14)20-17(21)12-5-7-13(18)8-6-12/h2-10H,1H3,(H,20,21). The van der Waals surface area contributed by atoms with Gasteiger partial charge in [-0.2, -0.15) is 0 Å². The number of carbonyl (C=O) groups excluding carboxylic acids is 1. The smallest absolute Gasteiger partial charge is 0.255 e. The molecule has 0 saturated carbocycles. The lowest BCUT2D eigenvalue weighted by molar-refractivity contribution is 0.102. The lowest BCUT2D eigenvalue weighted by atomic mass is 10.1. The third-order valence-corrected chi connectivity index (χ3v) is 4.05. The van der Waals surface area contributed by atoms with Crippen LogP contribution in [0.5, 0.6) is 0 Å². The Balaban J connectivity index is 1.97. The molecule has 4 heteroatoms. The van der Waals surface area contributed by atoms with Gasteiger partial charge in [0.1, 0.15) is 0 Å². The number of pyridine rings is 1. The van der Waals surface area contributed by atoms with E-state index in [2.05, 4.69) is 32.9 Å². The summed E-state index contributed by atoms with van der Waals surface area (Å²) >= 11 is 2.22. The van der Waals surface area contributed by atoms with Crippen LogP contribution < -0.4 is 5.32 Å². The number of anilines is 1. The fourth-order valence-corrected chi connectivity index (χ4v) is 2.58. The first kappa shape index (κ1) is 14.0. The molecule has 0 aliphatic carbocycles. The first-order valence-electron chi connectivity index (χ1n) is 6.56. The highest BCUT2D eigenvalue weighted by Crippen LogP contribution is 2.25. The monoisotopic (exact) mass is 388 g/mol. The van der Waals surface area contributed by atoms with Gasteiger partial charge >= 0.3 is 0 Å². The number of nitrogens with zero attached hydrogens (tertiary/aromatic N) is 1. The highest BCUT2D eigenvalue weighted by molar-refractivity contribution is 14.1. The van der Waals surface area contributed by atoms with Gasteiger partial charge < -0.3 is 5.32 Å². The van der Waals surface area contributed by atoms with Crippen LogP contribution in [0.15, 0.2) is 54.7 Å². The van der Waals surface area contributed by atoms with E-state index in [1.54, 1.807) is 6.20 Å². The van der Waals surface area contributed by atoms with Crippen molar-refractivity contribution >= 4 is 45.1 Å². The number of aromatic nitrogens is 1. The molecule has 3 nitrogen and oxygen atoms in total. The van der Waals surface area contributed by atoms with Crippen LogP contribution in [0.25, 0.3) is 10.9 Å². The zero-order chi connectivity index (χ0) is 14.8. The molecule has 0 aliphatic heterocycles. The van der Waals surface area contributed by atoms with Crippen molar-refractivity contribution < 1.29 is 4.79 Å². The maximum Gasteiger partial charge on any atom is 0.255 e. The molecule has 0 aliphatic rings. The summed E-state index contributed by atoms with van der Waals surface area (Å²) in [6.07, 6.45) is 1.76. The Bertz CT molecular complexity index is 813. The Morgan fingerprint density at radius 3 is 2.62 bits per heavy atom. The van der Waals surface area contributed by atoms with Gasteiger partial charge in [0.25, 0.3) is 5.91 Å². The normalized spacial score (nSPS) is 10.6. The number of fused-ring (bicyclic) bond motifs is 1. The highest BCUT2D eigenvalue weighted by atomic mass is 127. The fourth-order valence-electron chi connectivity index (χ4n) is 2.22. The molecule has 0 spiro atoms. The van der Waals surface area contributed by atoms with Crippen LogP contribution in [0.2, 0.25) is 0 Å². The third-order valence-electron chi connectivity index (χ3n) is 3.33. The lowest BCUT2D eigenvalue weighted by Gasteiger charge is -2.10. The minimum atomic E-state index is -0.111. The van der Waals surface area contributed by atoms with E-state index in [9.17, 15) is 4.79 Å². The first-order valence-corrected chi connectivity index (χ1v) is 7.64. The minimum absolute atomic E-state index is 0.111. The Labute approximate surface area is 136 Å². The molecule has 3 aromatic rings. The van der Waals surface area contributed by atoms with Gasteiger partial charge in [0.05, 0.1) is 11.2 Å². The molecule has 0 radical (unpaired) electrons. The Morgan fingerprint density at radius 1 is 1.10 bits per heavy atom. The van der Waals surface area contributed by atoms with Crippen LogP contribution in [-0.4, -0.2) is 10.9 Å². The Kier molecular flexibility index (Phi) is 3.88. The van der Waals surface area contributed by atoms with Crippen molar-refractivity contribution in [2.75, 3.05) is 5.32 Å². The predicted octanol–water partition coefficient (Wildman–Crippen LogP) is 4.40. The van der Waals surface area contributed by atoms with Gasteiger partial charge in [0, 0.05) is 20.7 Å². The molecule has 0 bridgehead atoms. The van der Waals surface area contributed by atoms with E-state index < -0.39 is 0 Å². The van der Waals surface area contributed by atoms with Crippen LogP contribution >= 0.6 is 22.6 Å². The summed E-state index contributed by atoms with van der Waals surface area (Å²) in [5, 5.41) is 3.92. The van der Waals surface area contributed by atoms with Crippen molar-refractivity contribution in [3.63, 3.8) is 0 Å². The summed E-state index contributed by atoms with van der Waals surface area (Å²) in [5.74, 6) is -0.111. The second kappa shape index (κ2) is 5.81. The van der Waals surface area contributed by atoms with Crippen molar-refractivity contribution in [1.82, 2.24) is 4.98 Å². The molecule has 0 atom stereocenters. The van der Waals surface area contributed by atoms with Gasteiger partial charge in [0.2, 0.25) is 0 Å². The maximum absolute atomic E-state index is 12.3. The molecule has 104 valence electrons. The van der Waals surface area contributed by atoms with Gasteiger partial charge in [-0.15, -0.1) is 0 Å². The van der Waals surface area contributed by atoms with E-state index in [0.29, 0.717) is 5.56 Å². The van der Waals surface area contributed by atoms with Crippen molar-refractivity contribution in [2.24, 2.45) is 0 Å². The van der Waals surface area contributed by atoms with E-state index in [1.807, 2.05) is 55.5 Å². The molecule has 0 saturated heterocycles. The maximum atomic E-state index is 12.3. The molecule has 1 N–H and O–H groups in total. The summed E-state index contributed by atoms with van der Waals surface area (Å²) < 4.78 is 1.11. The van der Waals surface area contributed by atoms with Crippen molar-refractivity contribution in [3.05, 3.63) is 69.4 Å². The molecule has 3 rings (SSSR count). The van der Waals surface area contributed by atoms with E-state index in [1.165, 1.54) is 0 Å². The average molecular weight is 388 g/mol. The second-order valence-electron chi connectivity index (χ2n) is 4.79. The number of hydrogen-bond acceptors (Lipinski definition) is 2. The van der Waals surface area contributed by atoms with Crippen molar-refractivity contribution in [1.29, 1.82) is 0 Å². The number of amides is 1. The number of hydrogen-bond donors (Lipinski definition) is 1. The molecule has 2 aromatic carbocycles. The zero-order valence-electron chi connectivity index (χ0n) is 11.4. The molecule has 0 unspecified atom stereocenters. The van der Waals surface area contributed by atoms with Gasteiger partial charge in [-0.05, 0) is 77.5 Å². The van der Waals surface area contributed by atoms with Crippen LogP contribution in [0, 0.1) is 10.5 Å².